The second-order valence-corrected chi connectivity index (χ2v) is 5.27. The third-order valence-corrected chi connectivity index (χ3v) is 2.86. The molecule has 0 aromatic heterocycles. The van der Waals surface area contributed by atoms with Crippen molar-refractivity contribution in [2.24, 2.45) is 5.41 Å². The van der Waals surface area contributed by atoms with Crippen molar-refractivity contribution >= 4 is 11.9 Å². The predicted molar refractivity (Wildman–Crippen MR) is 72.6 cm³/mol. The first-order chi connectivity index (χ1) is 8.75. The highest BCUT2D eigenvalue weighted by Gasteiger charge is 2.33. The number of rotatable bonds is 5. The molecule has 0 aliphatic carbocycles. The van der Waals surface area contributed by atoms with E-state index < -0.39 is 11.4 Å². The first-order valence-electron chi connectivity index (χ1n) is 6.03. The molecular weight excluding hydrogens is 244 g/mol. The molecule has 0 aliphatic rings. The lowest BCUT2D eigenvalue weighted by Crippen LogP contribution is -2.48. The maximum atomic E-state index is 12.4. The number of hydrogen-bond donors (Lipinski definition) is 1. The summed E-state index contributed by atoms with van der Waals surface area (Å²) in [4.78, 5) is 23.6. The van der Waals surface area contributed by atoms with E-state index in [1.54, 1.807) is 57.2 Å². The quantitative estimate of drug-likeness (QED) is 0.823. The minimum absolute atomic E-state index is 0.114. The molecule has 1 N–H and O–H groups in total. The molecule has 0 unspecified atom stereocenters. The molecule has 1 aromatic rings. The van der Waals surface area contributed by atoms with E-state index in [0.717, 1.165) is 0 Å². The van der Waals surface area contributed by atoms with Crippen LogP contribution in [0.3, 0.4) is 0 Å². The Hall–Kier alpha value is -1.88. The average molecular weight is 264 g/mol. The van der Waals surface area contributed by atoms with Crippen molar-refractivity contribution in [2.75, 3.05) is 20.6 Å². The van der Waals surface area contributed by atoms with Gasteiger partial charge in [0.2, 0.25) is 0 Å². The Labute approximate surface area is 113 Å². The van der Waals surface area contributed by atoms with Gasteiger partial charge in [-0.2, -0.15) is 0 Å². The van der Waals surface area contributed by atoms with Gasteiger partial charge in [-0.1, -0.05) is 18.2 Å². The molecule has 104 valence electrons. The molecule has 19 heavy (non-hydrogen) atoms. The summed E-state index contributed by atoms with van der Waals surface area (Å²) in [5.41, 5.74) is -0.466. The minimum Gasteiger partial charge on any atom is -0.481 e. The molecule has 1 aromatic carbocycles. The number of hydrazine groups is 1. The SMILES string of the molecule is CN(C)N(CC(C)(C)C(=O)O)C(=O)c1ccccc1. The van der Waals surface area contributed by atoms with Crippen molar-refractivity contribution in [1.29, 1.82) is 0 Å². The van der Waals surface area contributed by atoms with Gasteiger partial charge in [0.1, 0.15) is 0 Å². The van der Waals surface area contributed by atoms with Gasteiger partial charge >= 0.3 is 5.97 Å². The van der Waals surface area contributed by atoms with Crippen LogP contribution in [0.4, 0.5) is 0 Å². The minimum atomic E-state index is -1.01. The zero-order valence-corrected chi connectivity index (χ0v) is 11.8. The Morgan fingerprint density at radius 3 is 2.11 bits per heavy atom. The van der Waals surface area contributed by atoms with Crippen LogP contribution in [0.2, 0.25) is 0 Å². The number of amides is 1. The monoisotopic (exact) mass is 264 g/mol. The topological polar surface area (TPSA) is 60.9 Å². The molecule has 0 heterocycles. The van der Waals surface area contributed by atoms with Crippen LogP contribution in [0.15, 0.2) is 30.3 Å². The third kappa shape index (κ3) is 3.79. The highest BCUT2D eigenvalue weighted by atomic mass is 16.4. The Bertz CT molecular complexity index is 455. The molecule has 1 amide bonds. The largest absolute Gasteiger partial charge is 0.481 e. The third-order valence-electron chi connectivity index (χ3n) is 2.86. The van der Waals surface area contributed by atoms with Crippen LogP contribution in [0.25, 0.3) is 0 Å². The smallest absolute Gasteiger partial charge is 0.310 e. The van der Waals surface area contributed by atoms with E-state index in [-0.39, 0.29) is 12.5 Å². The zero-order chi connectivity index (χ0) is 14.6. The lowest BCUT2D eigenvalue weighted by Gasteiger charge is -2.34. The van der Waals surface area contributed by atoms with E-state index in [1.165, 1.54) is 5.01 Å². The second kappa shape index (κ2) is 5.84. The van der Waals surface area contributed by atoms with Crippen LogP contribution >= 0.6 is 0 Å². The number of carbonyl (C=O) groups excluding carboxylic acids is 1. The fourth-order valence-corrected chi connectivity index (χ4v) is 1.57. The van der Waals surface area contributed by atoms with Crippen LogP contribution < -0.4 is 0 Å². The van der Waals surface area contributed by atoms with Gasteiger partial charge in [-0.15, -0.1) is 0 Å². The van der Waals surface area contributed by atoms with Crippen molar-refractivity contribution in [3.8, 4) is 0 Å². The van der Waals surface area contributed by atoms with E-state index in [4.69, 9.17) is 5.11 Å². The van der Waals surface area contributed by atoms with Gasteiger partial charge < -0.3 is 5.11 Å². The number of aliphatic carboxylic acids is 1. The summed E-state index contributed by atoms with van der Waals surface area (Å²) in [6.07, 6.45) is 0. The van der Waals surface area contributed by atoms with Gasteiger partial charge in [0.15, 0.2) is 0 Å². The Balaban J connectivity index is 2.97. The second-order valence-electron chi connectivity index (χ2n) is 5.27. The Morgan fingerprint density at radius 1 is 1.16 bits per heavy atom. The summed E-state index contributed by atoms with van der Waals surface area (Å²) in [6, 6.07) is 8.82. The molecular formula is C14H20N2O3. The normalized spacial score (nSPS) is 11.4. The zero-order valence-electron chi connectivity index (χ0n) is 11.8. The van der Waals surface area contributed by atoms with Gasteiger partial charge in [0, 0.05) is 19.7 Å². The summed E-state index contributed by atoms with van der Waals surface area (Å²) in [5.74, 6) is -1.14. The average Bonchev–Trinajstić information content (AvgIpc) is 2.35. The molecule has 0 spiro atoms. The predicted octanol–water partition coefficient (Wildman–Crippen LogP) is 1.72. The molecule has 5 heteroatoms. The van der Waals surface area contributed by atoms with Crippen molar-refractivity contribution in [3.05, 3.63) is 35.9 Å². The van der Waals surface area contributed by atoms with Crippen LogP contribution in [-0.4, -0.2) is 47.6 Å². The molecule has 0 saturated heterocycles. The molecule has 0 saturated carbocycles. The number of benzene rings is 1. The number of hydrogen-bond acceptors (Lipinski definition) is 3. The highest BCUT2D eigenvalue weighted by molar-refractivity contribution is 5.94. The fraction of sp³-hybridized carbons (Fsp3) is 0.429. The first kappa shape index (κ1) is 15.2. The summed E-state index contributed by atoms with van der Waals surface area (Å²) >= 11 is 0. The van der Waals surface area contributed by atoms with Crippen molar-refractivity contribution in [3.63, 3.8) is 0 Å². The Kier molecular flexibility index (Phi) is 4.67. The molecule has 5 nitrogen and oxygen atoms in total. The van der Waals surface area contributed by atoms with Crippen LogP contribution in [0.5, 0.6) is 0 Å². The van der Waals surface area contributed by atoms with E-state index >= 15 is 0 Å². The summed E-state index contributed by atoms with van der Waals surface area (Å²) < 4.78 is 0. The lowest BCUT2D eigenvalue weighted by molar-refractivity contribution is -0.149. The van der Waals surface area contributed by atoms with Gasteiger partial charge in [-0.05, 0) is 26.0 Å². The molecule has 0 fully saturated rings. The Morgan fingerprint density at radius 2 is 1.68 bits per heavy atom. The van der Waals surface area contributed by atoms with Crippen molar-refractivity contribution in [1.82, 2.24) is 10.0 Å². The fourth-order valence-electron chi connectivity index (χ4n) is 1.57. The maximum Gasteiger partial charge on any atom is 0.310 e. The molecule has 0 bridgehead atoms. The van der Waals surface area contributed by atoms with Crippen LogP contribution in [0.1, 0.15) is 24.2 Å². The highest BCUT2D eigenvalue weighted by Crippen LogP contribution is 2.19. The number of nitrogens with zero attached hydrogens (tertiary/aromatic N) is 2. The van der Waals surface area contributed by atoms with Crippen molar-refractivity contribution < 1.29 is 14.7 Å². The van der Waals surface area contributed by atoms with E-state index in [0.29, 0.717) is 5.56 Å². The number of carbonyl (C=O) groups is 2. The number of carboxylic acid groups (broad SMARTS) is 1. The van der Waals surface area contributed by atoms with E-state index in [2.05, 4.69) is 0 Å². The lowest BCUT2D eigenvalue weighted by atomic mass is 9.93. The summed E-state index contributed by atoms with van der Waals surface area (Å²) in [7, 11) is 3.44. The standard InChI is InChI=1S/C14H20N2O3/c1-14(2,13(18)19)10-16(15(3)4)12(17)11-8-6-5-7-9-11/h5-9H,10H2,1-4H3,(H,18,19). The molecule has 0 aliphatic heterocycles. The van der Waals surface area contributed by atoms with E-state index in [1.807, 2.05) is 6.07 Å². The van der Waals surface area contributed by atoms with Crippen LogP contribution in [-0.2, 0) is 4.79 Å². The van der Waals surface area contributed by atoms with Gasteiger partial charge in [0.25, 0.3) is 5.91 Å². The summed E-state index contributed by atoms with van der Waals surface area (Å²) in [5, 5.41) is 12.2. The van der Waals surface area contributed by atoms with Crippen molar-refractivity contribution in [2.45, 2.75) is 13.8 Å². The summed E-state index contributed by atoms with van der Waals surface area (Å²) in [6.45, 7) is 3.32. The number of carboxylic acids is 1. The molecule has 0 radical (unpaired) electrons. The molecule has 1 rings (SSSR count). The van der Waals surface area contributed by atoms with Gasteiger partial charge in [-0.25, -0.2) is 5.01 Å². The van der Waals surface area contributed by atoms with Crippen LogP contribution in [0, 0.1) is 5.41 Å². The van der Waals surface area contributed by atoms with Gasteiger partial charge in [0.05, 0.1) is 12.0 Å². The maximum absolute atomic E-state index is 12.4. The first-order valence-corrected chi connectivity index (χ1v) is 6.03. The molecule has 0 atom stereocenters. The van der Waals surface area contributed by atoms with E-state index in [9.17, 15) is 9.59 Å². The van der Waals surface area contributed by atoms with Gasteiger partial charge in [-0.3, -0.25) is 14.6 Å².